The van der Waals surface area contributed by atoms with Crippen LogP contribution in [0.5, 0.6) is 0 Å². The smallest absolute Gasteiger partial charge is 0.280 e. The summed E-state index contributed by atoms with van der Waals surface area (Å²) in [6.45, 7) is 7.01. The van der Waals surface area contributed by atoms with Gasteiger partial charge in [0.25, 0.3) is 0 Å². The first-order valence-corrected chi connectivity index (χ1v) is 14.7. The third kappa shape index (κ3) is 9.09. The fourth-order valence-electron chi connectivity index (χ4n) is 6.21. The quantitative estimate of drug-likeness (QED) is 0.163. The van der Waals surface area contributed by atoms with Crippen molar-refractivity contribution in [1.82, 2.24) is 14.7 Å². The number of carbonyl (C=O) groups is 2. The molecule has 3 aliphatic rings. The summed E-state index contributed by atoms with van der Waals surface area (Å²) in [6.07, 6.45) is 15.5. The maximum atomic E-state index is 13.7. The monoisotopic (exact) mass is 554 g/mol. The Labute approximate surface area is 236 Å². The number of hydrogen-bond acceptors (Lipinski definition) is 8. The minimum atomic E-state index is -0.306. The second-order valence-electron chi connectivity index (χ2n) is 11.4. The lowest BCUT2D eigenvalue weighted by Crippen LogP contribution is -2.61. The molecule has 1 heterocycles. The van der Waals surface area contributed by atoms with Crippen molar-refractivity contribution in [2.75, 3.05) is 39.3 Å². The Kier molecular flexibility index (Phi) is 13.0. The second kappa shape index (κ2) is 16.7. The predicted molar refractivity (Wildman–Crippen MR) is 148 cm³/mol. The maximum absolute atomic E-state index is 13.7. The van der Waals surface area contributed by atoms with Crippen LogP contribution < -0.4 is 0 Å². The summed E-state index contributed by atoms with van der Waals surface area (Å²) in [7, 11) is 0. The SMILES string of the molecule is C=C1N(CCCCCCN=C=O)C(=O)N(CC2CCC(CN=C=O)CC2)C(=O)N1CC1CCC(CN=C=O)CC1. The average molecular weight is 555 g/mol. The van der Waals surface area contributed by atoms with Crippen molar-refractivity contribution in [3.05, 3.63) is 12.4 Å². The van der Waals surface area contributed by atoms with E-state index in [0.29, 0.717) is 62.8 Å². The van der Waals surface area contributed by atoms with E-state index in [4.69, 9.17) is 0 Å². The highest BCUT2D eigenvalue weighted by Crippen LogP contribution is 2.34. The Balaban J connectivity index is 1.64. The number of isocyanates is 3. The van der Waals surface area contributed by atoms with Gasteiger partial charge in [0.2, 0.25) is 18.2 Å². The molecule has 1 saturated heterocycles. The molecule has 11 heteroatoms. The topological polar surface area (TPSA) is 132 Å². The molecule has 11 nitrogen and oxygen atoms in total. The Morgan fingerprint density at radius 2 is 1.05 bits per heavy atom. The van der Waals surface area contributed by atoms with Gasteiger partial charge in [-0.05, 0) is 87.9 Å². The highest BCUT2D eigenvalue weighted by Gasteiger charge is 2.42. The summed E-state index contributed by atoms with van der Waals surface area (Å²) in [5, 5.41) is 0. The Hall–Kier alpha value is -3.38. The molecular weight excluding hydrogens is 512 g/mol. The Morgan fingerprint density at radius 3 is 1.57 bits per heavy atom. The first-order valence-electron chi connectivity index (χ1n) is 14.7. The zero-order valence-corrected chi connectivity index (χ0v) is 23.5. The van der Waals surface area contributed by atoms with E-state index in [1.807, 2.05) is 0 Å². The minimum absolute atomic E-state index is 0.214. The van der Waals surface area contributed by atoms with Crippen LogP contribution in [0.25, 0.3) is 0 Å². The molecule has 1 aliphatic heterocycles. The van der Waals surface area contributed by atoms with E-state index in [9.17, 15) is 24.0 Å². The first-order chi connectivity index (χ1) is 19.5. The summed E-state index contributed by atoms with van der Waals surface area (Å²) in [5.74, 6) is 1.67. The molecule has 3 rings (SSSR count). The number of unbranched alkanes of at least 4 members (excludes halogenated alkanes) is 3. The van der Waals surface area contributed by atoms with Gasteiger partial charge in [0.1, 0.15) is 5.82 Å². The van der Waals surface area contributed by atoms with Crippen LogP contribution in [0.3, 0.4) is 0 Å². The number of urea groups is 2. The Morgan fingerprint density at radius 1 is 0.600 bits per heavy atom. The fraction of sp³-hybridized carbons (Fsp3) is 0.759. The molecule has 40 heavy (non-hydrogen) atoms. The van der Waals surface area contributed by atoms with E-state index in [-0.39, 0.29) is 18.0 Å². The third-order valence-corrected chi connectivity index (χ3v) is 8.66. The van der Waals surface area contributed by atoms with E-state index >= 15 is 0 Å². The van der Waals surface area contributed by atoms with Crippen molar-refractivity contribution in [2.45, 2.75) is 77.0 Å². The summed E-state index contributed by atoms with van der Waals surface area (Å²) in [5.41, 5.74) is 0. The molecule has 0 spiro atoms. The van der Waals surface area contributed by atoms with Crippen LogP contribution in [0.2, 0.25) is 0 Å². The lowest BCUT2D eigenvalue weighted by molar-refractivity contribution is 0.0888. The van der Waals surface area contributed by atoms with Gasteiger partial charge >= 0.3 is 12.1 Å². The molecule has 0 atom stereocenters. The van der Waals surface area contributed by atoms with Crippen LogP contribution in [0.4, 0.5) is 9.59 Å². The predicted octanol–water partition coefficient (Wildman–Crippen LogP) is 4.80. The van der Waals surface area contributed by atoms with Crippen LogP contribution in [0.15, 0.2) is 27.4 Å². The molecule has 218 valence electrons. The summed E-state index contributed by atoms with van der Waals surface area (Å²) in [6, 6.07) is -0.599. The van der Waals surface area contributed by atoms with E-state index in [2.05, 4.69) is 21.6 Å². The molecule has 2 saturated carbocycles. The van der Waals surface area contributed by atoms with E-state index < -0.39 is 0 Å². The lowest BCUT2D eigenvalue weighted by Gasteiger charge is -2.45. The Bertz CT molecular complexity index is 950. The number of imide groups is 1. The van der Waals surface area contributed by atoms with Crippen molar-refractivity contribution in [1.29, 1.82) is 0 Å². The fourth-order valence-corrected chi connectivity index (χ4v) is 6.21. The number of carbonyl (C=O) groups excluding carboxylic acids is 5. The van der Waals surface area contributed by atoms with Gasteiger partial charge in [-0.1, -0.05) is 19.4 Å². The van der Waals surface area contributed by atoms with Crippen LogP contribution >= 0.6 is 0 Å². The summed E-state index contributed by atoms with van der Waals surface area (Å²) in [4.78, 5) is 74.3. The third-order valence-electron chi connectivity index (χ3n) is 8.66. The van der Waals surface area contributed by atoms with E-state index in [0.717, 1.165) is 77.0 Å². The molecular formula is C29H42N6O5. The van der Waals surface area contributed by atoms with Crippen LogP contribution in [-0.2, 0) is 14.4 Å². The second-order valence-corrected chi connectivity index (χ2v) is 11.4. The van der Waals surface area contributed by atoms with Crippen molar-refractivity contribution in [3.63, 3.8) is 0 Å². The molecule has 0 aromatic heterocycles. The maximum Gasteiger partial charge on any atom is 0.333 e. The number of rotatable bonds is 15. The molecule has 0 bridgehead atoms. The van der Waals surface area contributed by atoms with Gasteiger partial charge in [0.15, 0.2) is 0 Å². The van der Waals surface area contributed by atoms with Crippen molar-refractivity contribution in [3.8, 4) is 0 Å². The van der Waals surface area contributed by atoms with Crippen LogP contribution in [0.1, 0.15) is 77.0 Å². The normalized spacial score (nSPS) is 25.2. The van der Waals surface area contributed by atoms with Crippen molar-refractivity contribution >= 4 is 30.3 Å². The minimum Gasteiger partial charge on any atom is -0.280 e. The average Bonchev–Trinajstić information content (AvgIpc) is 2.97. The van der Waals surface area contributed by atoms with Gasteiger partial charge in [0.05, 0.1) is 19.6 Å². The summed E-state index contributed by atoms with van der Waals surface area (Å²) < 4.78 is 0. The number of hydrogen-bond donors (Lipinski definition) is 0. The summed E-state index contributed by atoms with van der Waals surface area (Å²) >= 11 is 0. The van der Waals surface area contributed by atoms with Crippen LogP contribution in [-0.4, -0.2) is 84.3 Å². The molecule has 0 N–H and O–H groups in total. The molecule has 3 fully saturated rings. The van der Waals surface area contributed by atoms with Crippen molar-refractivity contribution < 1.29 is 24.0 Å². The highest BCUT2D eigenvalue weighted by molar-refractivity contribution is 5.98. The standard InChI is InChI=1S/C29H42N6O5/c1-23-33(15-5-3-2-4-14-30-20-36)28(39)35(19-27-12-8-25(9-13-27)17-32-22-38)29(40)34(23)18-26-10-6-24(7-11-26)16-31-21-37/h24-27H,1-19H2. The number of amides is 4. The number of nitrogens with zero attached hydrogens (tertiary/aromatic N) is 6. The molecule has 0 aromatic carbocycles. The van der Waals surface area contributed by atoms with Gasteiger partial charge in [0, 0.05) is 19.6 Å². The number of aliphatic imine (C=N–C) groups is 3. The largest absolute Gasteiger partial charge is 0.333 e. The van der Waals surface area contributed by atoms with Gasteiger partial charge in [-0.15, -0.1) is 0 Å². The molecule has 0 unspecified atom stereocenters. The molecule has 2 aliphatic carbocycles. The van der Waals surface area contributed by atoms with Crippen LogP contribution in [0, 0.1) is 23.7 Å². The van der Waals surface area contributed by atoms with E-state index in [1.165, 1.54) is 4.90 Å². The zero-order valence-electron chi connectivity index (χ0n) is 23.5. The van der Waals surface area contributed by atoms with Crippen molar-refractivity contribution in [2.24, 2.45) is 38.6 Å². The van der Waals surface area contributed by atoms with Gasteiger partial charge < -0.3 is 0 Å². The van der Waals surface area contributed by atoms with E-state index in [1.54, 1.807) is 28.0 Å². The lowest BCUT2D eigenvalue weighted by atomic mass is 9.81. The molecule has 0 radical (unpaired) electrons. The zero-order chi connectivity index (χ0) is 28.7. The van der Waals surface area contributed by atoms with Gasteiger partial charge in [-0.3, -0.25) is 9.80 Å². The highest BCUT2D eigenvalue weighted by atomic mass is 16.2. The molecule has 4 amide bonds. The van der Waals surface area contributed by atoms with Gasteiger partial charge in [-0.2, -0.15) is 0 Å². The molecule has 0 aromatic rings. The van der Waals surface area contributed by atoms with Gasteiger partial charge in [-0.25, -0.2) is 43.8 Å². The first kappa shape index (κ1) is 31.2.